The van der Waals surface area contributed by atoms with Gasteiger partial charge in [0.2, 0.25) is 0 Å². The Kier molecular flexibility index (Phi) is 30.5. The Balaban J connectivity index is 4.43. The fourth-order valence-corrected chi connectivity index (χ4v) is 5.15. The van der Waals surface area contributed by atoms with E-state index in [4.69, 9.17) is 19.1 Å². The molecule has 268 valence electrons. The third kappa shape index (κ3) is 30.8. The van der Waals surface area contributed by atoms with Crippen LogP contribution < -0.4 is 0 Å². The van der Waals surface area contributed by atoms with Gasteiger partial charge in [0.1, 0.15) is 12.7 Å². The molecule has 46 heavy (non-hydrogen) atoms. The van der Waals surface area contributed by atoms with E-state index < -0.39 is 51.8 Å². The molecule has 0 aliphatic carbocycles. The molecule has 11 heteroatoms. The lowest BCUT2D eigenvalue weighted by Gasteiger charge is -2.20. The first-order valence-electron chi connectivity index (χ1n) is 17.4. The molecule has 10 nitrogen and oxygen atoms in total. The molecular formula is C35H63O10P. The predicted molar refractivity (Wildman–Crippen MR) is 182 cm³/mol. The first-order valence-corrected chi connectivity index (χ1v) is 18.9. The molecule has 0 rings (SSSR count). The number of aliphatic hydroxyl groups is 2. The fourth-order valence-electron chi connectivity index (χ4n) is 4.36. The SMILES string of the molecule is CC/C=C/C/C=C/C/C=C/CCCCCCCC(=O)O[C@H](COC(=O)CCCCCCCCCC)COP(=O)(O)OC[C@@H](O)CO. The van der Waals surface area contributed by atoms with E-state index in [9.17, 15) is 24.2 Å². The lowest BCUT2D eigenvalue weighted by Crippen LogP contribution is -2.29. The van der Waals surface area contributed by atoms with Crippen LogP contribution in [0.1, 0.15) is 136 Å². The Hall–Kier alpha value is -1.81. The van der Waals surface area contributed by atoms with Gasteiger partial charge in [-0.05, 0) is 44.9 Å². The zero-order valence-corrected chi connectivity index (χ0v) is 29.4. The van der Waals surface area contributed by atoms with Crippen LogP contribution in [0.25, 0.3) is 0 Å². The topological polar surface area (TPSA) is 149 Å². The second kappa shape index (κ2) is 31.8. The van der Waals surface area contributed by atoms with Crippen molar-refractivity contribution in [3.63, 3.8) is 0 Å². The van der Waals surface area contributed by atoms with Crippen molar-refractivity contribution in [2.45, 2.75) is 148 Å². The van der Waals surface area contributed by atoms with Crippen LogP contribution in [0, 0.1) is 0 Å². The van der Waals surface area contributed by atoms with Gasteiger partial charge in [-0.25, -0.2) is 4.57 Å². The molecule has 1 unspecified atom stereocenters. The number of allylic oxidation sites excluding steroid dienone is 6. The van der Waals surface area contributed by atoms with Gasteiger partial charge in [0, 0.05) is 12.8 Å². The number of unbranched alkanes of at least 4 members (excludes halogenated alkanes) is 12. The van der Waals surface area contributed by atoms with E-state index in [-0.39, 0.29) is 19.4 Å². The van der Waals surface area contributed by atoms with E-state index in [1.54, 1.807) is 0 Å². The minimum atomic E-state index is -4.61. The maximum Gasteiger partial charge on any atom is 0.472 e. The number of hydrogen-bond donors (Lipinski definition) is 3. The van der Waals surface area contributed by atoms with Crippen LogP contribution in [0.3, 0.4) is 0 Å². The molecule has 0 aromatic carbocycles. The van der Waals surface area contributed by atoms with E-state index in [1.165, 1.54) is 25.7 Å². The average Bonchev–Trinajstić information content (AvgIpc) is 3.04. The first-order chi connectivity index (χ1) is 22.2. The molecule has 0 heterocycles. The van der Waals surface area contributed by atoms with Crippen LogP contribution in [0.5, 0.6) is 0 Å². The number of carbonyl (C=O) groups is 2. The number of esters is 2. The van der Waals surface area contributed by atoms with Crippen LogP contribution in [0.15, 0.2) is 36.5 Å². The molecule has 3 atom stereocenters. The molecule has 0 saturated heterocycles. The standard InChI is InChI=1S/C35H63O10P/c1-3-5-7-9-11-13-14-15-16-17-18-19-21-23-25-27-35(39)45-33(31-44-46(40,41)43-29-32(37)28-36)30-42-34(38)26-24-22-20-12-10-8-6-4-2/h5,7,11,13,15-16,32-33,36-37H,3-4,6,8-10,12,14,17-31H2,1-2H3,(H,40,41)/b7-5+,13-11+,16-15+/t32-,33+/m0/s1. The molecule has 0 fully saturated rings. The Labute approximate surface area is 278 Å². The van der Waals surface area contributed by atoms with E-state index >= 15 is 0 Å². The van der Waals surface area contributed by atoms with Crippen molar-refractivity contribution in [3.8, 4) is 0 Å². The highest BCUT2D eigenvalue weighted by molar-refractivity contribution is 7.47. The van der Waals surface area contributed by atoms with Gasteiger partial charge in [-0.3, -0.25) is 18.6 Å². The quantitative estimate of drug-likeness (QED) is 0.0277. The van der Waals surface area contributed by atoms with Gasteiger partial charge >= 0.3 is 19.8 Å². The molecule has 0 radical (unpaired) electrons. The maximum atomic E-state index is 12.5. The summed E-state index contributed by atoms with van der Waals surface area (Å²) in [5, 5.41) is 18.2. The number of hydrogen-bond acceptors (Lipinski definition) is 9. The minimum absolute atomic E-state index is 0.165. The highest BCUT2D eigenvalue weighted by Crippen LogP contribution is 2.43. The molecule has 3 N–H and O–H groups in total. The number of phosphoric acid groups is 1. The van der Waals surface area contributed by atoms with Gasteiger partial charge in [0.05, 0.1) is 19.8 Å². The number of phosphoric ester groups is 1. The lowest BCUT2D eigenvalue weighted by molar-refractivity contribution is -0.161. The van der Waals surface area contributed by atoms with Crippen LogP contribution in [-0.2, 0) is 32.7 Å². The molecule has 0 saturated carbocycles. The third-order valence-corrected chi connectivity index (χ3v) is 8.01. The van der Waals surface area contributed by atoms with Crippen LogP contribution in [-0.4, -0.2) is 65.7 Å². The van der Waals surface area contributed by atoms with Gasteiger partial charge in [-0.1, -0.05) is 115 Å². The summed E-state index contributed by atoms with van der Waals surface area (Å²) in [4.78, 5) is 34.6. The summed E-state index contributed by atoms with van der Waals surface area (Å²) in [5.41, 5.74) is 0. The molecule has 0 bridgehead atoms. The van der Waals surface area contributed by atoms with E-state index in [1.807, 2.05) is 0 Å². The van der Waals surface area contributed by atoms with Crippen LogP contribution >= 0.6 is 7.82 Å². The molecule has 0 aliphatic rings. The van der Waals surface area contributed by atoms with Crippen molar-refractivity contribution in [3.05, 3.63) is 36.5 Å². The second-order valence-electron chi connectivity index (χ2n) is 11.5. The summed E-state index contributed by atoms with van der Waals surface area (Å²) in [5.74, 6) is -0.953. The van der Waals surface area contributed by atoms with Gasteiger partial charge in [-0.2, -0.15) is 0 Å². The van der Waals surface area contributed by atoms with Gasteiger partial charge in [-0.15, -0.1) is 0 Å². The Morgan fingerprint density at radius 3 is 1.80 bits per heavy atom. The summed E-state index contributed by atoms with van der Waals surface area (Å²) < 4.78 is 32.4. The largest absolute Gasteiger partial charge is 0.472 e. The smallest absolute Gasteiger partial charge is 0.462 e. The van der Waals surface area contributed by atoms with E-state index in [0.29, 0.717) is 12.8 Å². The zero-order chi connectivity index (χ0) is 34.1. The van der Waals surface area contributed by atoms with Crippen molar-refractivity contribution in [2.24, 2.45) is 0 Å². The molecule has 0 aromatic heterocycles. The summed E-state index contributed by atoms with van der Waals surface area (Å²) in [6, 6.07) is 0. The van der Waals surface area contributed by atoms with Crippen molar-refractivity contribution in [1.29, 1.82) is 0 Å². The van der Waals surface area contributed by atoms with Crippen molar-refractivity contribution >= 4 is 19.8 Å². The molecule has 0 aromatic rings. The first kappa shape index (κ1) is 44.2. The van der Waals surface area contributed by atoms with Crippen LogP contribution in [0.2, 0.25) is 0 Å². The summed E-state index contributed by atoms with van der Waals surface area (Å²) in [7, 11) is -4.61. The van der Waals surface area contributed by atoms with E-state index in [0.717, 1.165) is 70.6 Å². The summed E-state index contributed by atoms with van der Waals surface area (Å²) in [6.45, 7) is 2.18. The summed E-state index contributed by atoms with van der Waals surface area (Å²) >= 11 is 0. The van der Waals surface area contributed by atoms with E-state index in [2.05, 4.69) is 54.8 Å². The summed E-state index contributed by atoms with van der Waals surface area (Å²) in [6.07, 6.45) is 28.5. The zero-order valence-electron chi connectivity index (χ0n) is 28.5. The normalized spacial score (nSPS) is 14.6. The molecule has 0 amide bonds. The lowest BCUT2D eigenvalue weighted by atomic mass is 10.1. The average molecular weight is 675 g/mol. The Bertz CT molecular complexity index is 873. The van der Waals surface area contributed by atoms with Crippen molar-refractivity contribution < 1.29 is 47.8 Å². The van der Waals surface area contributed by atoms with Gasteiger partial charge in [0.25, 0.3) is 0 Å². The number of aliphatic hydroxyl groups excluding tert-OH is 2. The minimum Gasteiger partial charge on any atom is -0.462 e. The molecular weight excluding hydrogens is 611 g/mol. The van der Waals surface area contributed by atoms with Crippen molar-refractivity contribution in [1.82, 2.24) is 0 Å². The molecule has 0 spiro atoms. The highest BCUT2D eigenvalue weighted by atomic mass is 31.2. The predicted octanol–water partition coefficient (Wildman–Crippen LogP) is 8.05. The maximum absolute atomic E-state index is 12.5. The number of rotatable bonds is 32. The third-order valence-electron chi connectivity index (χ3n) is 7.06. The fraction of sp³-hybridized carbons (Fsp3) is 0.771. The Morgan fingerprint density at radius 1 is 0.674 bits per heavy atom. The monoisotopic (exact) mass is 674 g/mol. The number of carbonyl (C=O) groups excluding carboxylic acids is 2. The Morgan fingerprint density at radius 2 is 1.20 bits per heavy atom. The second-order valence-corrected chi connectivity index (χ2v) is 13.0. The van der Waals surface area contributed by atoms with Crippen molar-refractivity contribution in [2.75, 3.05) is 26.4 Å². The molecule has 0 aliphatic heterocycles. The highest BCUT2D eigenvalue weighted by Gasteiger charge is 2.27. The van der Waals surface area contributed by atoms with Gasteiger partial charge in [0.15, 0.2) is 6.10 Å². The van der Waals surface area contributed by atoms with Gasteiger partial charge < -0.3 is 24.6 Å². The van der Waals surface area contributed by atoms with Crippen LogP contribution in [0.4, 0.5) is 0 Å². The number of ether oxygens (including phenoxy) is 2.